The van der Waals surface area contributed by atoms with Crippen LogP contribution in [-0.2, 0) is 14.3 Å². The van der Waals surface area contributed by atoms with Crippen molar-refractivity contribution >= 4 is 11.9 Å². The van der Waals surface area contributed by atoms with E-state index in [1.807, 2.05) is 6.08 Å². The molecule has 0 spiro atoms. The molecule has 0 radical (unpaired) electrons. The number of rotatable bonds is 64. The van der Waals surface area contributed by atoms with Gasteiger partial charge in [0.15, 0.2) is 0 Å². The lowest BCUT2D eigenvalue weighted by Gasteiger charge is -2.20. The summed E-state index contributed by atoms with van der Waals surface area (Å²) in [6, 6.07) is -0.627. The number of nitrogens with one attached hydrogen (secondary N) is 1. The first-order chi connectivity index (χ1) is 38.0. The van der Waals surface area contributed by atoms with Crippen molar-refractivity contribution in [3.8, 4) is 0 Å². The van der Waals surface area contributed by atoms with Gasteiger partial charge in [-0.1, -0.05) is 313 Å². The van der Waals surface area contributed by atoms with Crippen molar-refractivity contribution in [2.45, 2.75) is 379 Å². The van der Waals surface area contributed by atoms with E-state index < -0.39 is 12.1 Å². The van der Waals surface area contributed by atoms with Crippen molar-refractivity contribution in [3.05, 3.63) is 48.6 Å². The lowest BCUT2D eigenvalue weighted by molar-refractivity contribution is -0.143. The first-order valence-corrected chi connectivity index (χ1v) is 34.4. The Hall–Kier alpha value is -2.18. The predicted molar refractivity (Wildman–Crippen MR) is 338 cm³/mol. The highest BCUT2D eigenvalue weighted by Gasteiger charge is 2.18. The van der Waals surface area contributed by atoms with Crippen LogP contribution in [0.3, 0.4) is 0 Å². The van der Waals surface area contributed by atoms with E-state index in [1.165, 1.54) is 289 Å². The van der Waals surface area contributed by atoms with Crippen LogP contribution in [0.15, 0.2) is 48.6 Å². The topological polar surface area (TPSA) is 95.9 Å². The largest absolute Gasteiger partial charge is 0.466 e. The van der Waals surface area contributed by atoms with E-state index in [0.717, 1.165) is 51.4 Å². The van der Waals surface area contributed by atoms with Gasteiger partial charge in [-0.25, -0.2) is 0 Å². The van der Waals surface area contributed by atoms with Crippen LogP contribution < -0.4 is 5.32 Å². The zero-order chi connectivity index (χ0) is 55.7. The molecule has 77 heavy (non-hydrogen) atoms. The number of unbranched alkanes of at least 4 members (excludes halogenated alkanes) is 47. The Morgan fingerprint density at radius 2 is 0.649 bits per heavy atom. The first kappa shape index (κ1) is 74.8. The molecule has 2 unspecified atom stereocenters. The molecular weight excluding hydrogens is 947 g/mol. The summed E-state index contributed by atoms with van der Waals surface area (Å²) < 4.78 is 5.51. The predicted octanol–water partition coefficient (Wildman–Crippen LogP) is 22.1. The summed E-state index contributed by atoms with van der Waals surface area (Å²) in [5.74, 6) is -0.0547. The fourth-order valence-corrected chi connectivity index (χ4v) is 10.5. The zero-order valence-electron chi connectivity index (χ0n) is 51.7. The summed E-state index contributed by atoms with van der Waals surface area (Å²) in [7, 11) is 0. The highest BCUT2D eigenvalue weighted by atomic mass is 16.5. The quantitative estimate of drug-likeness (QED) is 0.0320. The Balaban J connectivity index is 3.36. The minimum absolute atomic E-state index is 0.0124. The SMILES string of the molecule is CCCCC/C=C\C/C=C\CCCCCCCCCCCC(=O)OCCCCCCCCCCCCCC/C=C\CCCCCCCCCCCCCCCC(=O)NC(CO)C(O)/C=C/CCCCCCCCCCCC. The number of aliphatic hydroxyl groups is 2. The Bertz CT molecular complexity index is 1290. The van der Waals surface area contributed by atoms with Crippen LogP contribution in [0.4, 0.5) is 0 Å². The first-order valence-electron chi connectivity index (χ1n) is 34.4. The van der Waals surface area contributed by atoms with Gasteiger partial charge < -0.3 is 20.3 Å². The maximum atomic E-state index is 12.4. The third kappa shape index (κ3) is 62.9. The summed E-state index contributed by atoms with van der Waals surface area (Å²) >= 11 is 0. The molecule has 0 bridgehead atoms. The van der Waals surface area contributed by atoms with E-state index in [0.29, 0.717) is 19.4 Å². The van der Waals surface area contributed by atoms with Gasteiger partial charge in [0.05, 0.1) is 25.4 Å². The molecule has 0 fully saturated rings. The molecule has 0 aromatic carbocycles. The van der Waals surface area contributed by atoms with Crippen molar-refractivity contribution in [3.63, 3.8) is 0 Å². The summed E-state index contributed by atoms with van der Waals surface area (Å²) in [5, 5.41) is 23.1. The minimum Gasteiger partial charge on any atom is -0.466 e. The molecule has 2 atom stereocenters. The molecule has 0 heterocycles. The highest BCUT2D eigenvalue weighted by molar-refractivity contribution is 5.76. The van der Waals surface area contributed by atoms with Crippen LogP contribution in [-0.4, -0.2) is 47.4 Å². The summed E-state index contributed by atoms with van der Waals surface area (Å²) in [6.45, 7) is 4.89. The zero-order valence-corrected chi connectivity index (χ0v) is 51.7. The number of carbonyl (C=O) groups excluding carboxylic acids is 2. The third-order valence-electron chi connectivity index (χ3n) is 15.8. The van der Waals surface area contributed by atoms with Crippen LogP contribution >= 0.6 is 0 Å². The van der Waals surface area contributed by atoms with E-state index in [2.05, 4.69) is 55.6 Å². The van der Waals surface area contributed by atoms with Crippen LogP contribution in [0.2, 0.25) is 0 Å². The molecular formula is C71H133NO5. The van der Waals surface area contributed by atoms with E-state index >= 15 is 0 Å². The van der Waals surface area contributed by atoms with Gasteiger partial charge in [-0.15, -0.1) is 0 Å². The second-order valence-corrected chi connectivity index (χ2v) is 23.5. The van der Waals surface area contributed by atoms with E-state index in [4.69, 9.17) is 4.74 Å². The van der Waals surface area contributed by atoms with Crippen molar-refractivity contribution < 1.29 is 24.5 Å². The fourth-order valence-electron chi connectivity index (χ4n) is 10.5. The average Bonchev–Trinajstić information content (AvgIpc) is 3.43. The second kappa shape index (κ2) is 66.3. The molecule has 0 saturated heterocycles. The molecule has 0 aliphatic rings. The van der Waals surface area contributed by atoms with Gasteiger partial charge in [0, 0.05) is 12.8 Å². The van der Waals surface area contributed by atoms with Crippen LogP contribution in [0.25, 0.3) is 0 Å². The van der Waals surface area contributed by atoms with Gasteiger partial charge in [0.1, 0.15) is 0 Å². The summed E-state index contributed by atoms with van der Waals surface area (Å²) in [4.78, 5) is 24.6. The van der Waals surface area contributed by atoms with E-state index in [-0.39, 0.29) is 18.5 Å². The van der Waals surface area contributed by atoms with Gasteiger partial charge in [0.25, 0.3) is 0 Å². The number of allylic oxidation sites excluding steroid dienone is 7. The van der Waals surface area contributed by atoms with Crippen LogP contribution in [0.5, 0.6) is 0 Å². The van der Waals surface area contributed by atoms with Gasteiger partial charge in [-0.05, 0) is 89.9 Å². The van der Waals surface area contributed by atoms with Gasteiger partial charge in [-0.3, -0.25) is 9.59 Å². The number of carbonyl (C=O) groups is 2. The average molecular weight is 1080 g/mol. The summed E-state index contributed by atoms with van der Waals surface area (Å²) in [6.07, 6.45) is 86.2. The van der Waals surface area contributed by atoms with Crippen molar-refractivity contribution in [1.82, 2.24) is 5.32 Å². The number of hydrogen-bond acceptors (Lipinski definition) is 5. The molecule has 0 aromatic heterocycles. The molecule has 0 rings (SSSR count). The molecule has 6 heteroatoms. The monoisotopic (exact) mass is 1080 g/mol. The van der Waals surface area contributed by atoms with Crippen molar-refractivity contribution in [2.24, 2.45) is 0 Å². The summed E-state index contributed by atoms with van der Waals surface area (Å²) in [5.41, 5.74) is 0. The van der Waals surface area contributed by atoms with Gasteiger partial charge in [0.2, 0.25) is 5.91 Å². The number of ether oxygens (including phenoxy) is 1. The molecule has 0 aromatic rings. The van der Waals surface area contributed by atoms with E-state index in [9.17, 15) is 19.8 Å². The Morgan fingerprint density at radius 1 is 0.364 bits per heavy atom. The van der Waals surface area contributed by atoms with Crippen molar-refractivity contribution in [2.75, 3.05) is 13.2 Å². The normalized spacial score (nSPS) is 12.8. The lowest BCUT2D eigenvalue weighted by Crippen LogP contribution is -2.45. The number of aliphatic hydroxyl groups excluding tert-OH is 2. The lowest BCUT2D eigenvalue weighted by atomic mass is 10.0. The maximum Gasteiger partial charge on any atom is 0.305 e. The Morgan fingerprint density at radius 3 is 1.03 bits per heavy atom. The third-order valence-corrected chi connectivity index (χ3v) is 15.8. The number of hydrogen-bond donors (Lipinski definition) is 3. The number of amides is 1. The molecule has 3 N–H and O–H groups in total. The fraction of sp³-hybridized carbons (Fsp3) is 0.859. The molecule has 0 saturated carbocycles. The number of esters is 1. The molecule has 0 aliphatic heterocycles. The minimum atomic E-state index is -0.843. The maximum absolute atomic E-state index is 12.4. The Labute approximate surface area is 480 Å². The molecule has 6 nitrogen and oxygen atoms in total. The van der Waals surface area contributed by atoms with Crippen molar-refractivity contribution in [1.29, 1.82) is 0 Å². The molecule has 0 aliphatic carbocycles. The smallest absolute Gasteiger partial charge is 0.305 e. The van der Waals surface area contributed by atoms with E-state index in [1.54, 1.807) is 6.08 Å². The second-order valence-electron chi connectivity index (χ2n) is 23.5. The molecule has 452 valence electrons. The standard InChI is InChI=1S/C71H133NO5/c1-3-5-7-9-11-13-15-17-18-19-31-35-38-41-45-49-53-57-61-65-71(76)77-66-62-58-54-50-46-42-39-36-33-30-28-26-24-22-20-21-23-25-27-29-32-34-37-40-44-48-52-56-60-64-70(75)72-68(67-73)69(74)63-59-55-51-47-43-16-14-12-10-8-6-4-2/h11,13,17-18,20,22,59,63,68-69,73-74H,3-10,12,14-16,19,21,23-58,60-62,64-67H2,1-2H3,(H,72,75)/b13-11-,18-17-,22-20-,63-59+. The highest BCUT2D eigenvalue weighted by Crippen LogP contribution is 2.18. The Kier molecular flexibility index (Phi) is 64.5. The van der Waals surface area contributed by atoms with Gasteiger partial charge in [-0.2, -0.15) is 0 Å². The van der Waals surface area contributed by atoms with Crippen LogP contribution in [0, 0.1) is 0 Å². The molecule has 1 amide bonds. The van der Waals surface area contributed by atoms with Gasteiger partial charge >= 0.3 is 5.97 Å². The van der Waals surface area contributed by atoms with Crippen LogP contribution in [0.1, 0.15) is 367 Å².